The van der Waals surface area contributed by atoms with Crippen molar-refractivity contribution in [3.05, 3.63) is 22.5 Å². The molecule has 0 saturated carbocycles. The molecule has 0 amide bonds. The van der Waals surface area contributed by atoms with E-state index in [2.05, 4.69) is 0 Å². The van der Waals surface area contributed by atoms with Crippen LogP contribution in [0.5, 0.6) is 0 Å². The average Bonchev–Trinajstić information content (AvgIpc) is 2.52. The standard InChI is InChI=1S/C5H5.2C3H8O.O.V/c1-2-4-5-3-1;2*1-3(2)4;;/h1-3H,4H2;2*3-4H,1-2H3;;. The van der Waals surface area contributed by atoms with E-state index in [9.17, 15) is 3.67 Å². The van der Waals surface area contributed by atoms with Gasteiger partial charge in [-0.2, -0.15) is 0 Å². The van der Waals surface area contributed by atoms with Crippen LogP contribution in [-0.4, -0.2) is 22.4 Å². The second-order valence-corrected chi connectivity index (χ2v) is 4.75. The first-order valence-electron chi connectivity index (χ1n) is 4.95. The molecule has 3 nitrogen and oxygen atoms in total. The second kappa shape index (κ2) is 11.9. The quantitative estimate of drug-likeness (QED) is 0.750. The van der Waals surface area contributed by atoms with Gasteiger partial charge in [-0.15, -0.1) is 0 Å². The fraction of sp³-hybridized carbons (Fsp3) is 0.636. The van der Waals surface area contributed by atoms with Crippen molar-refractivity contribution in [1.29, 1.82) is 0 Å². The molecule has 0 aromatic carbocycles. The normalized spacial score (nSPS) is 12.7. The van der Waals surface area contributed by atoms with Crippen LogP contribution in [0.15, 0.2) is 22.5 Å². The van der Waals surface area contributed by atoms with Gasteiger partial charge in [0, 0.05) is 12.2 Å². The molecule has 0 spiro atoms. The van der Waals surface area contributed by atoms with E-state index >= 15 is 0 Å². The molecule has 0 heterocycles. The van der Waals surface area contributed by atoms with E-state index < -0.39 is 16.2 Å². The fourth-order valence-electron chi connectivity index (χ4n) is 0.504. The molecule has 0 bridgehead atoms. The van der Waals surface area contributed by atoms with Gasteiger partial charge < -0.3 is 10.2 Å². The Morgan fingerprint density at radius 2 is 1.60 bits per heavy atom. The molecule has 0 aliphatic heterocycles. The van der Waals surface area contributed by atoms with Crippen LogP contribution in [0.25, 0.3) is 0 Å². The Morgan fingerprint density at radius 1 is 1.20 bits per heavy atom. The second-order valence-electron chi connectivity index (χ2n) is 3.57. The van der Waals surface area contributed by atoms with E-state index in [1.54, 1.807) is 27.7 Å². The SMILES string of the molecule is CC(C)O.CC(C)O.[O]=[V][C]1=CC=CC1. The zero-order valence-electron chi connectivity index (χ0n) is 9.84. The van der Waals surface area contributed by atoms with Crippen LogP contribution in [0.3, 0.4) is 0 Å². The van der Waals surface area contributed by atoms with E-state index in [0.717, 1.165) is 10.7 Å². The summed E-state index contributed by atoms with van der Waals surface area (Å²) in [6.07, 6.45) is 6.47. The molecule has 0 radical (unpaired) electrons. The third kappa shape index (κ3) is 24.8. The monoisotopic (exact) mass is 252 g/mol. The first-order valence-corrected chi connectivity index (χ1v) is 6.22. The topological polar surface area (TPSA) is 57.5 Å². The number of hydrogen-bond donors (Lipinski definition) is 2. The molecule has 0 atom stereocenters. The van der Waals surface area contributed by atoms with E-state index in [0.29, 0.717) is 0 Å². The number of aliphatic hydroxyl groups is 2. The molecular formula is C11H21O3V. The van der Waals surface area contributed by atoms with Crippen molar-refractivity contribution in [3.63, 3.8) is 0 Å². The molecule has 88 valence electrons. The van der Waals surface area contributed by atoms with Gasteiger partial charge in [0.15, 0.2) is 0 Å². The predicted octanol–water partition coefficient (Wildman–Crippen LogP) is 2.03. The van der Waals surface area contributed by atoms with Gasteiger partial charge in [0.1, 0.15) is 0 Å². The first kappa shape index (κ1) is 17.2. The third-order valence-corrected chi connectivity index (χ3v) is 1.75. The Morgan fingerprint density at radius 3 is 1.73 bits per heavy atom. The molecule has 4 heteroatoms. The van der Waals surface area contributed by atoms with Gasteiger partial charge >= 0.3 is 48.8 Å². The maximum absolute atomic E-state index is 10.1. The van der Waals surface area contributed by atoms with Gasteiger partial charge in [-0.3, -0.25) is 0 Å². The zero-order chi connectivity index (χ0) is 12.3. The van der Waals surface area contributed by atoms with Crippen molar-refractivity contribution in [2.75, 3.05) is 0 Å². The van der Waals surface area contributed by atoms with Gasteiger partial charge in [0.25, 0.3) is 0 Å². The van der Waals surface area contributed by atoms with Crippen molar-refractivity contribution in [3.8, 4) is 0 Å². The summed E-state index contributed by atoms with van der Waals surface area (Å²) >= 11 is -0.727. The molecule has 0 unspecified atom stereocenters. The maximum atomic E-state index is 10.1. The summed E-state index contributed by atoms with van der Waals surface area (Å²) in [6, 6.07) is 0. The van der Waals surface area contributed by atoms with E-state index in [1.165, 1.54) is 0 Å². The van der Waals surface area contributed by atoms with Gasteiger partial charge in [-0.05, 0) is 27.7 Å². The molecular weight excluding hydrogens is 231 g/mol. The summed E-state index contributed by atoms with van der Waals surface area (Å²) < 4.78 is 11.2. The third-order valence-electron chi connectivity index (χ3n) is 0.869. The Balaban J connectivity index is 0. The minimum absolute atomic E-state index is 0.167. The first-order chi connectivity index (χ1) is 6.90. The van der Waals surface area contributed by atoms with E-state index in [-0.39, 0.29) is 12.2 Å². The Hall–Kier alpha value is -0.216. The molecule has 1 aliphatic rings. The molecule has 0 saturated heterocycles. The zero-order valence-corrected chi connectivity index (χ0v) is 11.2. The molecule has 0 aromatic rings. The van der Waals surface area contributed by atoms with Gasteiger partial charge in [0.05, 0.1) is 0 Å². The van der Waals surface area contributed by atoms with Crippen LogP contribution >= 0.6 is 0 Å². The Kier molecular flexibility index (Phi) is 13.6. The summed E-state index contributed by atoms with van der Waals surface area (Å²) in [5, 5.41) is 16.1. The van der Waals surface area contributed by atoms with Crippen LogP contribution in [0.2, 0.25) is 0 Å². The fourth-order valence-corrected chi connectivity index (χ4v) is 1.01. The van der Waals surface area contributed by atoms with Gasteiger partial charge in [-0.1, -0.05) is 0 Å². The van der Waals surface area contributed by atoms with E-state index in [4.69, 9.17) is 10.2 Å². The molecule has 2 N–H and O–H groups in total. The predicted molar refractivity (Wildman–Crippen MR) is 57.2 cm³/mol. The van der Waals surface area contributed by atoms with Crippen molar-refractivity contribution in [2.24, 2.45) is 0 Å². The molecule has 1 aliphatic carbocycles. The van der Waals surface area contributed by atoms with Crippen molar-refractivity contribution in [1.82, 2.24) is 0 Å². The summed E-state index contributed by atoms with van der Waals surface area (Å²) in [7, 11) is 0. The van der Waals surface area contributed by atoms with Crippen molar-refractivity contribution >= 4 is 0 Å². The molecule has 0 aromatic heterocycles. The number of hydrogen-bond acceptors (Lipinski definition) is 3. The summed E-state index contributed by atoms with van der Waals surface area (Å²) in [5.74, 6) is 0. The van der Waals surface area contributed by atoms with Crippen LogP contribution < -0.4 is 0 Å². The van der Waals surface area contributed by atoms with Crippen LogP contribution in [0, 0.1) is 0 Å². The Labute approximate surface area is 99.2 Å². The molecule has 1 rings (SSSR count). The van der Waals surface area contributed by atoms with Crippen LogP contribution in [-0.2, 0) is 19.9 Å². The summed E-state index contributed by atoms with van der Waals surface area (Å²) in [6.45, 7) is 6.89. The van der Waals surface area contributed by atoms with Gasteiger partial charge in [-0.25, -0.2) is 0 Å². The molecule has 0 fully saturated rings. The minimum atomic E-state index is -0.727. The Bertz CT molecular complexity index is 196. The van der Waals surface area contributed by atoms with Crippen LogP contribution in [0.1, 0.15) is 34.1 Å². The number of aliphatic hydroxyl groups excluding tert-OH is 2. The van der Waals surface area contributed by atoms with Gasteiger partial charge in [0.2, 0.25) is 0 Å². The number of allylic oxidation sites excluding steroid dienone is 4. The van der Waals surface area contributed by atoms with Crippen LogP contribution in [0.4, 0.5) is 0 Å². The molecule has 15 heavy (non-hydrogen) atoms. The number of rotatable bonds is 1. The van der Waals surface area contributed by atoms with Crippen molar-refractivity contribution < 1.29 is 30.1 Å². The average molecular weight is 252 g/mol. The van der Waals surface area contributed by atoms with Crippen molar-refractivity contribution in [2.45, 2.75) is 46.3 Å². The summed E-state index contributed by atoms with van der Waals surface area (Å²) in [5.41, 5.74) is 0. The summed E-state index contributed by atoms with van der Waals surface area (Å²) in [4.78, 5) is 0. The van der Waals surface area contributed by atoms with E-state index in [1.807, 2.05) is 18.2 Å².